The van der Waals surface area contributed by atoms with Gasteiger partial charge in [-0.15, -0.1) is 0 Å². The number of benzene rings is 2. The highest BCUT2D eigenvalue weighted by Gasteiger charge is 2.20. The van der Waals surface area contributed by atoms with Crippen LogP contribution in [-0.4, -0.2) is 27.0 Å². The molecule has 5 N–H and O–H groups in total. The number of nitrogens with two attached hydrogens (primary N) is 1. The van der Waals surface area contributed by atoms with Crippen molar-refractivity contribution >= 4 is 16.9 Å². The van der Waals surface area contributed by atoms with Gasteiger partial charge in [-0.3, -0.25) is 4.79 Å². The fourth-order valence-corrected chi connectivity index (χ4v) is 2.52. The number of aromatic amines is 1. The summed E-state index contributed by atoms with van der Waals surface area (Å²) in [4.78, 5) is 19.9. The van der Waals surface area contributed by atoms with Crippen LogP contribution in [0.5, 0.6) is 5.75 Å². The summed E-state index contributed by atoms with van der Waals surface area (Å²) in [6, 6.07) is 13.7. The Bertz CT molecular complexity index is 807. The number of hydrogen-bond acceptors (Lipinski definition) is 4. The number of H-pyrrole nitrogens is 1. The highest BCUT2D eigenvalue weighted by atomic mass is 16.3. The molecule has 3 aromatic rings. The lowest BCUT2D eigenvalue weighted by Crippen LogP contribution is -2.41. The number of carbonyl (C=O) groups is 1. The van der Waals surface area contributed by atoms with Crippen LogP contribution in [0.3, 0.4) is 0 Å². The van der Waals surface area contributed by atoms with Gasteiger partial charge in [0.05, 0.1) is 23.1 Å². The van der Waals surface area contributed by atoms with Gasteiger partial charge in [-0.25, -0.2) is 4.98 Å². The molecule has 1 heterocycles. The van der Waals surface area contributed by atoms with Crippen LogP contribution >= 0.6 is 0 Å². The number of fused-ring (bicyclic) bond motifs is 1. The molecule has 2 atom stereocenters. The Hall–Kier alpha value is -2.86. The van der Waals surface area contributed by atoms with Crippen molar-refractivity contribution in [3.8, 4) is 5.75 Å². The highest BCUT2D eigenvalue weighted by molar-refractivity contribution is 5.81. The third kappa shape index (κ3) is 3.55. The minimum Gasteiger partial charge on any atom is -0.508 e. The molecule has 24 heavy (non-hydrogen) atoms. The Morgan fingerprint density at radius 3 is 2.62 bits per heavy atom. The zero-order valence-corrected chi connectivity index (χ0v) is 13.4. The Kier molecular flexibility index (Phi) is 4.48. The van der Waals surface area contributed by atoms with E-state index in [-0.39, 0.29) is 17.7 Å². The smallest absolute Gasteiger partial charge is 0.237 e. The lowest BCUT2D eigenvalue weighted by atomic mass is 10.0. The van der Waals surface area contributed by atoms with Gasteiger partial charge >= 0.3 is 0 Å². The molecule has 0 saturated carbocycles. The standard InChI is InChI=1S/C18H20N4O2/c1-11(19)18(24)22-16(10-12-6-8-13(23)9-7-12)17-20-14-4-2-3-5-15(14)21-17/h2-9,11,16,23H,10,19H2,1H3,(H,20,21)(H,22,24)/t11-,16?/m1/s1. The summed E-state index contributed by atoms with van der Waals surface area (Å²) in [5, 5.41) is 12.4. The second-order valence-corrected chi connectivity index (χ2v) is 5.86. The van der Waals surface area contributed by atoms with Crippen LogP contribution in [0.15, 0.2) is 48.5 Å². The number of aromatic hydroxyl groups is 1. The molecule has 1 unspecified atom stereocenters. The molecule has 0 aliphatic rings. The minimum absolute atomic E-state index is 0.207. The van der Waals surface area contributed by atoms with Crippen molar-refractivity contribution in [2.24, 2.45) is 5.73 Å². The van der Waals surface area contributed by atoms with Crippen molar-refractivity contribution < 1.29 is 9.90 Å². The first kappa shape index (κ1) is 16.0. The third-order valence-corrected chi connectivity index (χ3v) is 3.84. The SMILES string of the molecule is C[C@@H](N)C(=O)NC(Cc1ccc(O)cc1)c1nc2ccccc2[nH]1. The lowest BCUT2D eigenvalue weighted by molar-refractivity contribution is -0.122. The topological polar surface area (TPSA) is 104 Å². The van der Waals surface area contributed by atoms with E-state index < -0.39 is 6.04 Å². The molecule has 1 aromatic heterocycles. The average molecular weight is 324 g/mol. The Labute approximate surface area is 139 Å². The molecule has 0 bridgehead atoms. The molecule has 0 aliphatic heterocycles. The van der Waals surface area contributed by atoms with E-state index >= 15 is 0 Å². The van der Waals surface area contributed by atoms with Crippen LogP contribution in [-0.2, 0) is 11.2 Å². The van der Waals surface area contributed by atoms with Crippen molar-refractivity contribution in [1.29, 1.82) is 0 Å². The molecule has 0 fully saturated rings. The molecule has 6 heteroatoms. The molecule has 0 saturated heterocycles. The first-order chi connectivity index (χ1) is 11.5. The van der Waals surface area contributed by atoms with Crippen LogP contribution in [0.25, 0.3) is 11.0 Å². The molecule has 1 amide bonds. The van der Waals surface area contributed by atoms with Gasteiger partial charge in [0.15, 0.2) is 0 Å². The number of phenols is 1. The first-order valence-corrected chi connectivity index (χ1v) is 7.81. The normalized spacial score (nSPS) is 13.6. The number of nitrogens with one attached hydrogen (secondary N) is 2. The predicted molar refractivity (Wildman–Crippen MR) is 92.4 cm³/mol. The lowest BCUT2D eigenvalue weighted by Gasteiger charge is -2.18. The maximum absolute atomic E-state index is 12.1. The molecule has 2 aromatic carbocycles. The van der Waals surface area contributed by atoms with Crippen LogP contribution < -0.4 is 11.1 Å². The van der Waals surface area contributed by atoms with E-state index in [1.807, 2.05) is 36.4 Å². The number of hydrogen-bond donors (Lipinski definition) is 4. The van der Waals surface area contributed by atoms with Gasteiger partial charge in [0, 0.05) is 0 Å². The predicted octanol–water partition coefficient (Wildman–Crippen LogP) is 2.02. The quantitative estimate of drug-likeness (QED) is 0.576. The molecule has 0 spiro atoms. The number of nitrogens with zero attached hydrogens (tertiary/aromatic N) is 1. The maximum atomic E-state index is 12.1. The summed E-state index contributed by atoms with van der Waals surface area (Å²) in [6.07, 6.45) is 0.540. The number of imidazole rings is 1. The monoisotopic (exact) mass is 324 g/mol. The molecule has 0 radical (unpaired) electrons. The summed E-state index contributed by atoms with van der Waals surface area (Å²) in [5.41, 5.74) is 8.41. The van der Waals surface area contributed by atoms with Crippen molar-refractivity contribution in [2.75, 3.05) is 0 Å². The van der Waals surface area contributed by atoms with E-state index in [0.29, 0.717) is 12.2 Å². The minimum atomic E-state index is -0.600. The van der Waals surface area contributed by atoms with Crippen molar-refractivity contribution in [3.63, 3.8) is 0 Å². The summed E-state index contributed by atoms with van der Waals surface area (Å²) in [6.45, 7) is 1.64. The molecule has 0 aliphatic carbocycles. The first-order valence-electron chi connectivity index (χ1n) is 7.81. The summed E-state index contributed by atoms with van der Waals surface area (Å²) in [7, 11) is 0. The number of aromatic nitrogens is 2. The Balaban J connectivity index is 1.91. The summed E-state index contributed by atoms with van der Waals surface area (Å²) in [5.74, 6) is 0.649. The second kappa shape index (κ2) is 6.72. The number of para-hydroxylation sites is 2. The number of rotatable bonds is 5. The van der Waals surface area contributed by atoms with Crippen LogP contribution in [0.1, 0.15) is 24.4 Å². The number of carbonyl (C=O) groups excluding carboxylic acids is 1. The van der Waals surface area contributed by atoms with Crippen LogP contribution in [0, 0.1) is 0 Å². The van der Waals surface area contributed by atoms with Gasteiger partial charge in [-0.2, -0.15) is 0 Å². The molecular formula is C18H20N4O2. The zero-order valence-electron chi connectivity index (χ0n) is 13.4. The Morgan fingerprint density at radius 2 is 1.96 bits per heavy atom. The van der Waals surface area contributed by atoms with Gasteiger partial charge in [0.2, 0.25) is 5.91 Å². The molecule has 124 valence electrons. The van der Waals surface area contributed by atoms with Gasteiger partial charge in [-0.05, 0) is 43.2 Å². The van der Waals surface area contributed by atoms with E-state index in [2.05, 4.69) is 15.3 Å². The second-order valence-electron chi connectivity index (χ2n) is 5.86. The summed E-state index contributed by atoms with van der Waals surface area (Å²) < 4.78 is 0. The van der Waals surface area contributed by atoms with E-state index in [1.165, 1.54) is 0 Å². The maximum Gasteiger partial charge on any atom is 0.237 e. The largest absolute Gasteiger partial charge is 0.508 e. The molecular weight excluding hydrogens is 304 g/mol. The fourth-order valence-electron chi connectivity index (χ4n) is 2.52. The number of amides is 1. The van der Waals surface area contributed by atoms with Gasteiger partial charge in [0.1, 0.15) is 11.6 Å². The Morgan fingerprint density at radius 1 is 1.25 bits per heavy atom. The van der Waals surface area contributed by atoms with Gasteiger partial charge in [-0.1, -0.05) is 24.3 Å². The van der Waals surface area contributed by atoms with Gasteiger partial charge in [0.25, 0.3) is 0 Å². The van der Waals surface area contributed by atoms with Gasteiger partial charge < -0.3 is 21.1 Å². The highest BCUT2D eigenvalue weighted by Crippen LogP contribution is 2.21. The molecule has 3 rings (SSSR count). The van der Waals surface area contributed by atoms with E-state index in [0.717, 1.165) is 16.6 Å². The average Bonchev–Trinajstić information content (AvgIpc) is 3.00. The third-order valence-electron chi connectivity index (χ3n) is 3.84. The van der Waals surface area contributed by atoms with Crippen molar-refractivity contribution in [1.82, 2.24) is 15.3 Å². The number of phenolic OH excluding ortho intramolecular Hbond substituents is 1. The van der Waals surface area contributed by atoms with Crippen molar-refractivity contribution in [2.45, 2.75) is 25.4 Å². The van der Waals surface area contributed by atoms with E-state index in [4.69, 9.17) is 5.73 Å². The van der Waals surface area contributed by atoms with Crippen LogP contribution in [0.4, 0.5) is 0 Å². The van der Waals surface area contributed by atoms with E-state index in [9.17, 15) is 9.90 Å². The van der Waals surface area contributed by atoms with E-state index in [1.54, 1.807) is 19.1 Å². The summed E-state index contributed by atoms with van der Waals surface area (Å²) >= 11 is 0. The van der Waals surface area contributed by atoms with Crippen LogP contribution in [0.2, 0.25) is 0 Å². The fraction of sp³-hybridized carbons (Fsp3) is 0.222. The zero-order chi connectivity index (χ0) is 17.1. The van der Waals surface area contributed by atoms with Crippen molar-refractivity contribution in [3.05, 3.63) is 59.9 Å². The molecule has 6 nitrogen and oxygen atoms in total.